The first kappa shape index (κ1) is 8.00. The molecule has 2 aromatic rings. The molecule has 2 heterocycles. The van der Waals surface area contributed by atoms with Crippen LogP contribution in [0.2, 0.25) is 0 Å². The molecule has 3 nitrogen and oxygen atoms in total. The molecule has 0 atom stereocenters. The van der Waals surface area contributed by atoms with E-state index in [1.807, 2.05) is 6.20 Å². The maximum atomic E-state index is 6.15. The average molecular weight is 187 g/mol. The summed E-state index contributed by atoms with van der Waals surface area (Å²) in [5.41, 5.74) is 8.36. The molecule has 0 saturated heterocycles. The number of nitrogens with two attached hydrogens (primary N) is 1. The van der Waals surface area contributed by atoms with Gasteiger partial charge >= 0.3 is 0 Å². The zero-order valence-corrected chi connectivity index (χ0v) is 8.20. The van der Waals surface area contributed by atoms with Gasteiger partial charge in [-0.15, -0.1) is 0 Å². The number of aromatic nitrogens is 2. The van der Waals surface area contributed by atoms with E-state index in [4.69, 9.17) is 5.73 Å². The Balaban J connectivity index is 2.29. The Morgan fingerprint density at radius 2 is 2.21 bits per heavy atom. The van der Waals surface area contributed by atoms with E-state index >= 15 is 0 Å². The van der Waals surface area contributed by atoms with E-state index in [0.717, 1.165) is 24.2 Å². The highest BCUT2D eigenvalue weighted by atomic mass is 15.1. The molecule has 0 aliphatic heterocycles. The lowest BCUT2D eigenvalue weighted by Gasteiger charge is -2.07. The third-order valence-corrected chi connectivity index (χ3v) is 2.91. The van der Waals surface area contributed by atoms with E-state index in [-0.39, 0.29) is 5.54 Å². The molecular formula is C11H13N3. The fourth-order valence-electron chi connectivity index (χ4n) is 1.82. The molecule has 0 radical (unpaired) electrons. The third-order valence-electron chi connectivity index (χ3n) is 2.91. The SMILES string of the molecule is Cc1ccc2cnc(C3(N)CC3)n2c1. The van der Waals surface area contributed by atoms with Crippen LogP contribution in [0.4, 0.5) is 0 Å². The van der Waals surface area contributed by atoms with Gasteiger partial charge in [0.15, 0.2) is 0 Å². The van der Waals surface area contributed by atoms with E-state index in [0.29, 0.717) is 0 Å². The summed E-state index contributed by atoms with van der Waals surface area (Å²) >= 11 is 0. The summed E-state index contributed by atoms with van der Waals surface area (Å²) in [7, 11) is 0. The lowest BCUT2D eigenvalue weighted by molar-refractivity contribution is 0.668. The van der Waals surface area contributed by atoms with Crippen LogP contribution in [0.1, 0.15) is 24.2 Å². The van der Waals surface area contributed by atoms with E-state index in [9.17, 15) is 0 Å². The fourth-order valence-corrected chi connectivity index (χ4v) is 1.82. The van der Waals surface area contributed by atoms with Crippen LogP contribution < -0.4 is 5.73 Å². The first-order chi connectivity index (χ1) is 6.69. The number of hydrogen-bond acceptors (Lipinski definition) is 2. The summed E-state index contributed by atoms with van der Waals surface area (Å²) in [6.45, 7) is 2.08. The summed E-state index contributed by atoms with van der Waals surface area (Å²) in [4.78, 5) is 4.41. The molecule has 1 aliphatic carbocycles. The van der Waals surface area contributed by atoms with Crippen LogP contribution in [0.25, 0.3) is 5.52 Å². The monoisotopic (exact) mass is 187 g/mol. The first-order valence-electron chi connectivity index (χ1n) is 4.92. The molecule has 0 aromatic carbocycles. The number of hydrogen-bond donors (Lipinski definition) is 1. The quantitative estimate of drug-likeness (QED) is 0.736. The van der Waals surface area contributed by atoms with Crippen molar-refractivity contribution in [2.45, 2.75) is 25.3 Å². The van der Waals surface area contributed by atoms with Crippen LogP contribution in [0, 0.1) is 6.92 Å². The average Bonchev–Trinajstić information content (AvgIpc) is 2.77. The number of nitrogens with zero attached hydrogens (tertiary/aromatic N) is 2. The van der Waals surface area contributed by atoms with Crippen molar-refractivity contribution in [3.63, 3.8) is 0 Å². The molecule has 72 valence electrons. The Kier molecular flexibility index (Phi) is 1.35. The molecule has 3 heteroatoms. The Morgan fingerprint density at radius 1 is 1.43 bits per heavy atom. The minimum Gasteiger partial charge on any atom is -0.319 e. The zero-order chi connectivity index (χ0) is 9.76. The van der Waals surface area contributed by atoms with Crippen LogP contribution in [-0.2, 0) is 5.54 Å². The summed E-state index contributed by atoms with van der Waals surface area (Å²) in [5, 5.41) is 0. The van der Waals surface area contributed by atoms with Crippen LogP contribution in [0.15, 0.2) is 24.5 Å². The zero-order valence-electron chi connectivity index (χ0n) is 8.20. The molecule has 0 bridgehead atoms. The smallest absolute Gasteiger partial charge is 0.133 e. The van der Waals surface area contributed by atoms with Crippen molar-refractivity contribution in [3.05, 3.63) is 35.9 Å². The number of pyridine rings is 1. The normalized spacial score (nSPS) is 18.7. The van der Waals surface area contributed by atoms with Gasteiger partial charge in [-0.1, -0.05) is 6.07 Å². The number of imidazole rings is 1. The molecule has 14 heavy (non-hydrogen) atoms. The highest BCUT2D eigenvalue weighted by molar-refractivity contribution is 5.48. The Labute approximate surface area is 82.6 Å². The van der Waals surface area contributed by atoms with Crippen LogP contribution in [-0.4, -0.2) is 9.38 Å². The van der Waals surface area contributed by atoms with Crippen molar-refractivity contribution >= 4 is 5.52 Å². The van der Waals surface area contributed by atoms with Gasteiger partial charge in [0.2, 0.25) is 0 Å². The van der Waals surface area contributed by atoms with Crippen molar-refractivity contribution in [2.24, 2.45) is 5.73 Å². The van der Waals surface area contributed by atoms with Crippen molar-refractivity contribution in [3.8, 4) is 0 Å². The minimum atomic E-state index is -0.153. The summed E-state index contributed by atoms with van der Waals surface area (Å²) < 4.78 is 2.11. The molecule has 1 saturated carbocycles. The summed E-state index contributed by atoms with van der Waals surface area (Å²) in [6, 6.07) is 4.18. The number of rotatable bonds is 1. The second kappa shape index (κ2) is 2.36. The molecule has 2 N–H and O–H groups in total. The van der Waals surface area contributed by atoms with Crippen molar-refractivity contribution in [1.82, 2.24) is 9.38 Å². The van der Waals surface area contributed by atoms with Crippen molar-refractivity contribution < 1.29 is 0 Å². The van der Waals surface area contributed by atoms with Crippen molar-refractivity contribution in [2.75, 3.05) is 0 Å². The third kappa shape index (κ3) is 0.990. The molecule has 2 aromatic heterocycles. The van der Waals surface area contributed by atoms with Crippen molar-refractivity contribution in [1.29, 1.82) is 0 Å². The second-order valence-electron chi connectivity index (χ2n) is 4.24. The predicted octanol–water partition coefficient (Wildman–Crippen LogP) is 1.59. The number of aryl methyl sites for hydroxylation is 1. The standard InChI is InChI=1S/C11H13N3/c1-8-2-3-9-6-13-10(14(9)7-8)11(12)4-5-11/h2-3,6-7H,4-5,12H2,1H3. The lowest BCUT2D eigenvalue weighted by Crippen LogP contribution is -2.22. The van der Waals surface area contributed by atoms with Gasteiger partial charge in [0.1, 0.15) is 5.82 Å². The maximum absolute atomic E-state index is 6.15. The Hall–Kier alpha value is -1.35. The summed E-state index contributed by atoms with van der Waals surface area (Å²) in [5.74, 6) is 1.01. The maximum Gasteiger partial charge on any atom is 0.133 e. The van der Waals surface area contributed by atoms with Gasteiger partial charge in [-0.25, -0.2) is 4.98 Å². The highest BCUT2D eigenvalue weighted by Gasteiger charge is 2.43. The Morgan fingerprint density at radius 3 is 2.93 bits per heavy atom. The summed E-state index contributed by atoms with van der Waals surface area (Å²) in [6.07, 6.45) is 6.10. The Bertz CT molecular complexity index is 494. The van der Waals surface area contributed by atoms with Gasteiger partial charge in [-0.05, 0) is 31.4 Å². The highest BCUT2D eigenvalue weighted by Crippen LogP contribution is 2.41. The molecule has 3 rings (SSSR count). The van der Waals surface area contributed by atoms with Gasteiger partial charge in [0.25, 0.3) is 0 Å². The topological polar surface area (TPSA) is 43.3 Å². The fraction of sp³-hybridized carbons (Fsp3) is 0.364. The molecule has 0 spiro atoms. The van der Waals surface area contributed by atoms with Gasteiger partial charge in [0, 0.05) is 6.20 Å². The molecule has 1 aliphatic rings. The molecular weight excluding hydrogens is 174 g/mol. The van der Waals surface area contributed by atoms with Crippen LogP contribution >= 0.6 is 0 Å². The molecule has 0 amide bonds. The van der Waals surface area contributed by atoms with Gasteiger partial charge < -0.3 is 10.1 Å². The molecule has 0 unspecified atom stereocenters. The van der Waals surface area contributed by atoms with Gasteiger partial charge in [0.05, 0.1) is 17.3 Å². The first-order valence-corrected chi connectivity index (χ1v) is 4.92. The lowest BCUT2D eigenvalue weighted by atomic mass is 10.2. The second-order valence-corrected chi connectivity index (χ2v) is 4.24. The van der Waals surface area contributed by atoms with Gasteiger partial charge in [-0.3, -0.25) is 0 Å². The minimum absolute atomic E-state index is 0.153. The molecule has 1 fully saturated rings. The van der Waals surface area contributed by atoms with Crippen LogP contribution in [0.5, 0.6) is 0 Å². The number of fused-ring (bicyclic) bond motifs is 1. The van der Waals surface area contributed by atoms with E-state index in [2.05, 4.69) is 34.6 Å². The van der Waals surface area contributed by atoms with Crippen LogP contribution in [0.3, 0.4) is 0 Å². The van der Waals surface area contributed by atoms with E-state index in [1.54, 1.807) is 0 Å². The van der Waals surface area contributed by atoms with E-state index < -0.39 is 0 Å². The van der Waals surface area contributed by atoms with E-state index in [1.165, 1.54) is 5.56 Å². The predicted molar refractivity (Wildman–Crippen MR) is 55.0 cm³/mol. The van der Waals surface area contributed by atoms with Gasteiger partial charge in [-0.2, -0.15) is 0 Å². The largest absolute Gasteiger partial charge is 0.319 e.